The van der Waals surface area contributed by atoms with Crippen molar-refractivity contribution in [3.63, 3.8) is 0 Å². The summed E-state index contributed by atoms with van der Waals surface area (Å²) in [5, 5.41) is 9.45. The number of rotatable bonds is 7. The van der Waals surface area contributed by atoms with Gasteiger partial charge in [-0.3, -0.25) is 9.97 Å². The molecule has 0 aromatic carbocycles. The quantitative estimate of drug-likeness (QED) is 0.401. The van der Waals surface area contributed by atoms with E-state index in [1.54, 1.807) is 0 Å². The van der Waals surface area contributed by atoms with Crippen molar-refractivity contribution in [3.05, 3.63) is 35.7 Å². The highest BCUT2D eigenvalue weighted by molar-refractivity contribution is 7.91. The van der Waals surface area contributed by atoms with E-state index >= 15 is 0 Å². The third-order valence-electron chi connectivity index (χ3n) is 5.94. The minimum Gasteiger partial charge on any atom is -0.444 e. The Hall–Kier alpha value is -3.34. The molecule has 2 aliphatic rings. The SMILES string of the molecule is CCS(=O)(=O)c1cc(C2(C#N)CC2)cnc1-c1cc2c(cn1)N(C(F)C(F)(F)C(F)F)C(=O)OC2. The lowest BCUT2D eigenvalue weighted by Gasteiger charge is -2.34. The van der Waals surface area contributed by atoms with Gasteiger partial charge in [-0.05, 0) is 30.5 Å². The number of anilines is 1. The largest absolute Gasteiger partial charge is 0.444 e. The summed E-state index contributed by atoms with van der Waals surface area (Å²) in [6.45, 7) is 0.879. The number of fused-ring (bicyclic) bond motifs is 1. The summed E-state index contributed by atoms with van der Waals surface area (Å²) in [7, 11) is -3.87. The Kier molecular flexibility index (Phi) is 5.95. The van der Waals surface area contributed by atoms with Gasteiger partial charge in [0.1, 0.15) is 12.3 Å². The Balaban J connectivity index is 1.81. The second kappa shape index (κ2) is 8.40. The van der Waals surface area contributed by atoms with Crippen LogP contribution in [0.1, 0.15) is 30.9 Å². The molecule has 8 nitrogen and oxygen atoms in total. The Morgan fingerprint density at radius 1 is 1.23 bits per heavy atom. The molecular weight excluding hydrogens is 499 g/mol. The molecule has 1 atom stereocenters. The maximum Gasteiger partial charge on any atom is 0.417 e. The number of amides is 1. The number of ether oxygens (including phenoxy) is 1. The number of cyclic esters (lactones) is 1. The first-order chi connectivity index (χ1) is 16.4. The van der Waals surface area contributed by atoms with Gasteiger partial charge in [-0.1, -0.05) is 6.92 Å². The molecule has 0 bridgehead atoms. The number of sulfone groups is 1. The molecule has 186 valence electrons. The monoisotopic (exact) mass is 516 g/mol. The fourth-order valence-electron chi connectivity index (χ4n) is 3.63. The second-order valence-electron chi connectivity index (χ2n) is 8.10. The van der Waals surface area contributed by atoms with E-state index in [4.69, 9.17) is 0 Å². The van der Waals surface area contributed by atoms with Crippen LogP contribution in [-0.2, 0) is 26.6 Å². The van der Waals surface area contributed by atoms with Crippen molar-refractivity contribution in [2.24, 2.45) is 0 Å². The average Bonchev–Trinajstić information content (AvgIpc) is 3.64. The minimum absolute atomic E-state index is 0.0712. The number of hydrogen-bond acceptors (Lipinski definition) is 7. The normalized spacial score (nSPS) is 18.0. The van der Waals surface area contributed by atoms with Gasteiger partial charge >= 0.3 is 18.4 Å². The highest BCUT2D eigenvalue weighted by Gasteiger charge is 2.55. The van der Waals surface area contributed by atoms with E-state index in [1.165, 1.54) is 19.2 Å². The van der Waals surface area contributed by atoms with E-state index in [-0.39, 0.29) is 32.5 Å². The molecule has 0 spiro atoms. The maximum absolute atomic E-state index is 14.4. The van der Waals surface area contributed by atoms with Gasteiger partial charge in [-0.25, -0.2) is 31.3 Å². The highest BCUT2D eigenvalue weighted by Crippen LogP contribution is 2.48. The summed E-state index contributed by atoms with van der Waals surface area (Å²) in [5.41, 5.74) is -1.21. The van der Waals surface area contributed by atoms with Crippen LogP contribution in [0.2, 0.25) is 0 Å². The van der Waals surface area contributed by atoms with Crippen LogP contribution in [0.25, 0.3) is 11.4 Å². The van der Waals surface area contributed by atoms with E-state index < -0.39 is 52.3 Å². The zero-order valence-electron chi connectivity index (χ0n) is 18.0. The van der Waals surface area contributed by atoms with Gasteiger partial charge < -0.3 is 4.74 Å². The molecule has 1 aliphatic carbocycles. The van der Waals surface area contributed by atoms with E-state index in [2.05, 4.69) is 20.8 Å². The van der Waals surface area contributed by atoms with Crippen LogP contribution < -0.4 is 4.90 Å². The van der Waals surface area contributed by atoms with E-state index in [0.29, 0.717) is 18.4 Å². The first-order valence-electron chi connectivity index (χ1n) is 10.3. The van der Waals surface area contributed by atoms with Gasteiger partial charge in [-0.15, -0.1) is 0 Å². The summed E-state index contributed by atoms with van der Waals surface area (Å²) < 4.78 is 97.3. The Bertz CT molecular complexity index is 1340. The van der Waals surface area contributed by atoms with Crippen LogP contribution in [0.4, 0.5) is 32.4 Å². The second-order valence-corrected chi connectivity index (χ2v) is 10.3. The van der Waals surface area contributed by atoms with Crippen LogP contribution in [0, 0.1) is 11.3 Å². The molecule has 2 aromatic rings. The number of aromatic nitrogens is 2. The number of alkyl halides is 5. The Labute approximate surface area is 196 Å². The molecule has 1 saturated carbocycles. The summed E-state index contributed by atoms with van der Waals surface area (Å²) in [4.78, 5) is 19.6. The topological polar surface area (TPSA) is 113 Å². The summed E-state index contributed by atoms with van der Waals surface area (Å²) in [6.07, 6.45) is -6.53. The molecular formula is C21H17F5N4O4S. The predicted octanol–water partition coefficient (Wildman–Crippen LogP) is 4.14. The van der Waals surface area contributed by atoms with Gasteiger partial charge in [0, 0.05) is 11.8 Å². The van der Waals surface area contributed by atoms with Crippen LogP contribution in [0.3, 0.4) is 0 Å². The number of carbonyl (C=O) groups is 1. The predicted molar refractivity (Wildman–Crippen MR) is 110 cm³/mol. The summed E-state index contributed by atoms with van der Waals surface area (Å²) in [6, 6.07) is 4.64. The highest BCUT2D eigenvalue weighted by atomic mass is 32.2. The molecule has 0 saturated heterocycles. The van der Waals surface area contributed by atoms with Crippen molar-refractivity contribution in [1.82, 2.24) is 9.97 Å². The van der Waals surface area contributed by atoms with Gasteiger partial charge in [0.15, 0.2) is 9.84 Å². The van der Waals surface area contributed by atoms with Gasteiger partial charge in [0.25, 0.3) is 6.30 Å². The smallest absolute Gasteiger partial charge is 0.417 e. The number of nitrogens with zero attached hydrogens (tertiary/aromatic N) is 4. The molecule has 3 heterocycles. The zero-order chi connectivity index (χ0) is 25.8. The van der Waals surface area contributed by atoms with Crippen LogP contribution in [-0.4, -0.2) is 48.9 Å². The van der Waals surface area contributed by atoms with Crippen molar-refractivity contribution in [2.45, 2.75) is 55.3 Å². The first-order valence-corrected chi connectivity index (χ1v) is 11.9. The number of carbonyl (C=O) groups excluding carboxylic acids is 1. The molecule has 14 heteroatoms. The van der Waals surface area contributed by atoms with Crippen molar-refractivity contribution in [1.29, 1.82) is 5.26 Å². The van der Waals surface area contributed by atoms with Gasteiger partial charge in [0.2, 0.25) is 0 Å². The molecule has 2 aromatic heterocycles. The molecule has 1 fully saturated rings. The molecule has 4 rings (SSSR count). The van der Waals surface area contributed by atoms with Crippen LogP contribution >= 0.6 is 0 Å². The van der Waals surface area contributed by atoms with E-state index in [1.807, 2.05) is 0 Å². The molecule has 1 aliphatic heterocycles. The zero-order valence-corrected chi connectivity index (χ0v) is 18.8. The fourth-order valence-corrected chi connectivity index (χ4v) is 4.70. The van der Waals surface area contributed by atoms with Crippen molar-refractivity contribution in [3.8, 4) is 17.5 Å². The van der Waals surface area contributed by atoms with Gasteiger partial charge in [-0.2, -0.15) is 14.0 Å². The fraction of sp³-hybridized carbons (Fsp3) is 0.429. The van der Waals surface area contributed by atoms with E-state index in [0.717, 1.165) is 12.3 Å². The number of halogens is 5. The lowest BCUT2D eigenvalue weighted by atomic mass is 9.99. The van der Waals surface area contributed by atoms with Crippen molar-refractivity contribution in [2.75, 3.05) is 10.7 Å². The van der Waals surface area contributed by atoms with Crippen molar-refractivity contribution >= 4 is 21.6 Å². The third kappa shape index (κ3) is 4.07. The lowest BCUT2D eigenvalue weighted by molar-refractivity contribution is -0.169. The first kappa shape index (κ1) is 24.8. The lowest BCUT2D eigenvalue weighted by Crippen LogP contribution is -2.53. The number of nitriles is 1. The molecule has 35 heavy (non-hydrogen) atoms. The number of pyridine rings is 2. The van der Waals surface area contributed by atoms with Crippen LogP contribution in [0.15, 0.2) is 29.4 Å². The number of hydrogen-bond donors (Lipinski definition) is 0. The van der Waals surface area contributed by atoms with Gasteiger partial charge in [0.05, 0.1) is 39.7 Å². The standard InChI is InChI=1S/C21H17F5N4O4S/c1-2-35(32,33)15-6-12(20(10-27)3-4-20)7-29-16(15)13-5-11-9-34-19(31)30(14(11)8-28-13)18(24)21(25,26)17(22)23/h5-8,17-18H,2-4,9H2,1H3. The molecule has 0 N–H and O–H groups in total. The summed E-state index contributed by atoms with van der Waals surface area (Å²) in [5.74, 6) is -5.49. The molecule has 1 amide bonds. The third-order valence-corrected chi connectivity index (χ3v) is 7.68. The summed E-state index contributed by atoms with van der Waals surface area (Å²) >= 11 is 0. The average molecular weight is 516 g/mol. The Morgan fingerprint density at radius 3 is 2.49 bits per heavy atom. The molecule has 1 unspecified atom stereocenters. The van der Waals surface area contributed by atoms with Crippen LogP contribution in [0.5, 0.6) is 0 Å². The Morgan fingerprint density at radius 2 is 1.91 bits per heavy atom. The maximum atomic E-state index is 14.4. The molecule has 0 radical (unpaired) electrons. The van der Waals surface area contributed by atoms with E-state index in [9.17, 15) is 40.4 Å². The minimum atomic E-state index is -5.19. The van der Waals surface area contributed by atoms with Crippen molar-refractivity contribution < 1.29 is 39.9 Å².